The average Bonchev–Trinajstić information content (AvgIpc) is 2.91. The number of hydrogen-bond donors (Lipinski definition) is 1. The van der Waals surface area contributed by atoms with Crippen LogP contribution in [0.15, 0.2) is 15.9 Å². The van der Waals surface area contributed by atoms with Gasteiger partial charge in [-0.25, -0.2) is 0 Å². The molecule has 4 heteroatoms. The third-order valence-electron chi connectivity index (χ3n) is 2.98. The summed E-state index contributed by atoms with van der Waals surface area (Å²) < 4.78 is 1.28. The molecule has 0 aliphatic carbocycles. The standard InChI is InChI=1S/C12H18BrNS2/c1-2-5-14-11(9-3-6-15-8-9)12-10(13)4-7-16-12/h4,7,9,11,14H,2-3,5-6,8H2,1H3. The van der Waals surface area contributed by atoms with Crippen LogP contribution in [0.4, 0.5) is 0 Å². The van der Waals surface area contributed by atoms with Gasteiger partial charge in [-0.15, -0.1) is 11.3 Å². The first-order valence-corrected chi connectivity index (χ1v) is 8.69. The lowest BCUT2D eigenvalue weighted by Gasteiger charge is -2.23. The van der Waals surface area contributed by atoms with E-state index >= 15 is 0 Å². The van der Waals surface area contributed by atoms with Gasteiger partial charge >= 0.3 is 0 Å². The fourth-order valence-corrected chi connectivity index (χ4v) is 5.20. The molecule has 1 nitrogen and oxygen atoms in total. The van der Waals surface area contributed by atoms with Crippen molar-refractivity contribution in [1.29, 1.82) is 0 Å². The van der Waals surface area contributed by atoms with Crippen molar-refractivity contribution >= 4 is 39.0 Å². The molecule has 1 aromatic heterocycles. The summed E-state index contributed by atoms with van der Waals surface area (Å²) in [6.07, 6.45) is 2.57. The van der Waals surface area contributed by atoms with Crippen molar-refractivity contribution in [2.75, 3.05) is 18.1 Å². The Balaban J connectivity index is 2.10. The molecule has 0 radical (unpaired) electrons. The van der Waals surface area contributed by atoms with Gasteiger partial charge in [-0.1, -0.05) is 6.92 Å². The zero-order valence-electron chi connectivity index (χ0n) is 9.54. The summed E-state index contributed by atoms with van der Waals surface area (Å²) in [5.41, 5.74) is 0. The highest BCUT2D eigenvalue weighted by molar-refractivity contribution is 9.10. The maximum Gasteiger partial charge on any atom is 0.0463 e. The van der Waals surface area contributed by atoms with E-state index in [9.17, 15) is 0 Å². The fourth-order valence-electron chi connectivity index (χ4n) is 2.12. The van der Waals surface area contributed by atoms with E-state index in [1.807, 2.05) is 11.3 Å². The van der Waals surface area contributed by atoms with Gasteiger partial charge in [0.05, 0.1) is 0 Å². The summed E-state index contributed by atoms with van der Waals surface area (Å²) >= 11 is 7.64. The number of thioether (sulfide) groups is 1. The molecule has 0 saturated carbocycles. The summed E-state index contributed by atoms with van der Waals surface area (Å²) in [7, 11) is 0. The van der Waals surface area contributed by atoms with Crippen LogP contribution in [0.3, 0.4) is 0 Å². The fraction of sp³-hybridized carbons (Fsp3) is 0.667. The Morgan fingerprint density at radius 2 is 2.50 bits per heavy atom. The molecule has 2 rings (SSSR count). The van der Waals surface area contributed by atoms with Gasteiger partial charge in [-0.2, -0.15) is 11.8 Å². The molecule has 0 bridgehead atoms. The van der Waals surface area contributed by atoms with Gasteiger partial charge < -0.3 is 5.32 Å². The second-order valence-corrected chi connectivity index (χ2v) is 7.14. The van der Waals surface area contributed by atoms with Crippen LogP contribution in [0, 0.1) is 5.92 Å². The summed E-state index contributed by atoms with van der Waals surface area (Å²) in [6, 6.07) is 2.73. The Kier molecular flexibility index (Phi) is 5.20. The average molecular weight is 320 g/mol. The maximum absolute atomic E-state index is 3.72. The van der Waals surface area contributed by atoms with E-state index in [0.29, 0.717) is 6.04 Å². The monoisotopic (exact) mass is 319 g/mol. The topological polar surface area (TPSA) is 12.0 Å². The molecule has 90 valence electrons. The quantitative estimate of drug-likeness (QED) is 0.868. The molecule has 1 saturated heterocycles. The highest BCUT2D eigenvalue weighted by Crippen LogP contribution is 2.39. The van der Waals surface area contributed by atoms with Gasteiger partial charge in [0.25, 0.3) is 0 Å². The number of nitrogens with one attached hydrogen (secondary N) is 1. The van der Waals surface area contributed by atoms with Gasteiger partial charge in [-0.05, 0) is 64.2 Å². The first kappa shape index (κ1) is 12.9. The van der Waals surface area contributed by atoms with Crippen LogP contribution in [0.5, 0.6) is 0 Å². The molecule has 1 fully saturated rings. The van der Waals surface area contributed by atoms with Gasteiger partial charge in [-0.3, -0.25) is 0 Å². The smallest absolute Gasteiger partial charge is 0.0463 e. The second kappa shape index (κ2) is 6.43. The highest BCUT2D eigenvalue weighted by atomic mass is 79.9. The molecule has 1 aromatic rings. The first-order chi connectivity index (χ1) is 7.83. The minimum Gasteiger partial charge on any atom is -0.309 e. The predicted molar refractivity (Wildman–Crippen MR) is 78.5 cm³/mol. The van der Waals surface area contributed by atoms with E-state index in [1.54, 1.807) is 0 Å². The largest absolute Gasteiger partial charge is 0.309 e. The molecular weight excluding hydrogens is 302 g/mol. The molecule has 0 aromatic carbocycles. The molecule has 2 unspecified atom stereocenters. The Morgan fingerprint density at radius 3 is 3.06 bits per heavy atom. The van der Waals surface area contributed by atoms with Gasteiger partial charge in [0.15, 0.2) is 0 Å². The first-order valence-electron chi connectivity index (χ1n) is 5.87. The van der Waals surface area contributed by atoms with E-state index in [-0.39, 0.29) is 0 Å². The lowest BCUT2D eigenvalue weighted by atomic mass is 9.97. The second-order valence-electron chi connectivity index (χ2n) is 4.19. The normalized spacial score (nSPS) is 22.5. The summed E-state index contributed by atoms with van der Waals surface area (Å²) in [5.74, 6) is 3.45. The van der Waals surface area contributed by atoms with Crippen LogP contribution in [-0.2, 0) is 0 Å². The van der Waals surface area contributed by atoms with Crippen molar-refractivity contribution in [3.8, 4) is 0 Å². The van der Waals surface area contributed by atoms with Crippen molar-refractivity contribution in [3.05, 3.63) is 20.8 Å². The van der Waals surface area contributed by atoms with Crippen LogP contribution in [0.1, 0.15) is 30.7 Å². The van der Waals surface area contributed by atoms with Gasteiger partial charge in [0.2, 0.25) is 0 Å². The molecule has 2 heterocycles. The minimum absolute atomic E-state index is 0.560. The van der Waals surface area contributed by atoms with E-state index in [4.69, 9.17) is 0 Å². The van der Waals surface area contributed by atoms with Crippen LogP contribution >= 0.6 is 39.0 Å². The molecule has 0 amide bonds. The summed E-state index contributed by atoms with van der Waals surface area (Å²) in [4.78, 5) is 1.49. The van der Waals surface area contributed by atoms with Crippen molar-refractivity contribution < 1.29 is 0 Å². The predicted octanol–water partition coefficient (Wildman–Crippen LogP) is 4.30. The molecule has 1 N–H and O–H groups in total. The highest BCUT2D eigenvalue weighted by Gasteiger charge is 2.28. The van der Waals surface area contributed by atoms with E-state index in [2.05, 4.69) is 51.4 Å². The number of hydrogen-bond acceptors (Lipinski definition) is 3. The Labute approximate surface area is 115 Å². The minimum atomic E-state index is 0.560. The van der Waals surface area contributed by atoms with Crippen LogP contribution in [0.2, 0.25) is 0 Å². The van der Waals surface area contributed by atoms with Crippen molar-refractivity contribution in [2.45, 2.75) is 25.8 Å². The number of thiophene rings is 1. The van der Waals surface area contributed by atoms with Crippen LogP contribution in [0.25, 0.3) is 0 Å². The Morgan fingerprint density at radius 1 is 1.62 bits per heavy atom. The molecule has 1 aliphatic rings. The Bertz CT molecular complexity index is 321. The lowest BCUT2D eigenvalue weighted by Crippen LogP contribution is -2.28. The molecule has 0 spiro atoms. The zero-order chi connectivity index (χ0) is 11.4. The van der Waals surface area contributed by atoms with Gasteiger partial charge in [0.1, 0.15) is 0 Å². The zero-order valence-corrected chi connectivity index (χ0v) is 12.8. The van der Waals surface area contributed by atoms with E-state index < -0.39 is 0 Å². The molecular formula is C12H18BrNS2. The summed E-state index contributed by atoms with van der Waals surface area (Å²) in [6.45, 7) is 3.35. The van der Waals surface area contributed by atoms with Crippen molar-refractivity contribution in [2.24, 2.45) is 5.92 Å². The third kappa shape index (κ3) is 3.03. The van der Waals surface area contributed by atoms with Crippen LogP contribution < -0.4 is 5.32 Å². The molecule has 16 heavy (non-hydrogen) atoms. The maximum atomic E-state index is 3.72. The number of halogens is 1. The van der Waals surface area contributed by atoms with Gasteiger partial charge in [0, 0.05) is 15.4 Å². The number of rotatable bonds is 5. The molecule has 1 aliphatic heterocycles. The summed E-state index contributed by atoms with van der Waals surface area (Å²) in [5, 5.41) is 5.90. The lowest BCUT2D eigenvalue weighted by molar-refractivity contribution is 0.398. The molecule has 2 atom stereocenters. The SMILES string of the molecule is CCCNC(c1sccc1Br)C1CCSC1. The van der Waals surface area contributed by atoms with E-state index in [1.165, 1.54) is 33.7 Å². The van der Waals surface area contributed by atoms with E-state index in [0.717, 1.165) is 12.5 Å². The van der Waals surface area contributed by atoms with Crippen molar-refractivity contribution in [1.82, 2.24) is 5.32 Å². The third-order valence-corrected chi connectivity index (χ3v) is 6.12. The van der Waals surface area contributed by atoms with Crippen molar-refractivity contribution in [3.63, 3.8) is 0 Å². The van der Waals surface area contributed by atoms with Crippen LogP contribution in [-0.4, -0.2) is 18.1 Å². The Hall–Kier alpha value is 0.490.